The van der Waals surface area contributed by atoms with E-state index in [0.29, 0.717) is 0 Å². The molecule has 0 unspecified atom stereocenters. The van der Waals surface area contributed by atoms with Gasteiger partial charge in [-0.2, -0.15) is 0 Å². The SMILES string of the molecule is CC(C)(C)OC(=O)c1ncccc1F. The summed E-state index contributed by atoms with van der Waals surface area (Å²) in [5.74, 6) is -1.41. The molecule has 0 N–H and O–H groups in total. The number of halogens is 1. The van der Waals surface area contributed by atoms with Crippen LogP contribution in [0.15, 0.2) is 18.3 Å². The van der Waals surface area contributed by atoms with E-state index in [2.05, 4.69) is 4.98 Å². The molecule has 0 aliphatic rings. The van der Waals surface area contributed by atoms with Gasteiger partial charge in [-0.05, 0) is 32.9 Å². The molecular formula is C10H12FNO2. The van der Waals surface area contributed by atoms with Crippen LogP contribution in [0.25, 0.3) is 0 Å². The Hall–Kier alpha value is -1.45. The third-order valence-corrected chi connectivity index (χ3v) is 1.35. The molecule has 0 aliphatic carbocycles. The third kappa shape index (κ3) is 2.80. The van der Waals surface area contributed by atoms with Gasteiger partial charge in [-0.25, -0.2) is 14.2 Å². The monoisotopic (exact) mass is 197 g/mol. The normalized spacial score (nSPS) is 11.1. The van der Waals surface area contributed by atoms with Crippen molar-refractivity contribution in [2.75, 3.05) is 0 Å². The van der Waals surface area contributed by atoms with Crippen molar-refractivity contribution in [3.63, 3.8) is 0 Å². The van der Waals surface area contributed by atoms with E-state index in [4.69, 9.17) is 4.74 Å². The molecule has 0 saturated carbocycles. The Morgan fingerprint density at radius 3 is 2.64 bits per heavy atom. The molecule has 4 heteroatoms. The molecule has 0 fully saturated rings. The zero-order valence-corrected chi connectivity index (χ0v) is 8.37. The largest absolute Gasteiger partial charge is 0.455 e. The van der Waals surface area contributed by atoms with E-state index in [1.165, 1.54) is 18.3 Å². The predicted molar refractivity (Wildman–Crippen MR) is 49.4 cm³/mol. The molecule has 0 amide bonds. The van der Waals surface area contributed by atoms with Crippen LogP contribution >= 0.6 is 0 Å². The van der Waals surface area contributed by atoms with E-state index in [-0.39, 0.29) is 5.69 Å². The Balaban J connectivity index is 2.86. The van der Waals surface area contributed by atoms with Crippen LogP contribution in [-0.4, -0.2) is 16.6 Å². The van der Waals surface area contributed by atoms with Crippen molar-refractivity contribution in [1.82, 2.24) is 4.98 Å². The summed E-state index contributed by atoms with van der Waals surface area (Å²) < 4.78 is 18.0. The minimum atomic E-state index is -0.740. The summed E-state index contributed by atoms with van der Waals surface area (Å²) in [6.07, 6.45) is 1.35. The number of hydrogen-bond acceptors (Lipinski definition) is 3. The summed E-state index contributed by atoms with van der Waals surface area (Å²) in [5.41, 5.74) is -0.913. The van der Waals surface area contributed by atoms with Crippen LogP contribution in [0.3, 0.4) is 0 Å². The van der Waals surface area contributed by atoms with Crippen LogP contribution in [0.2, 0.25) is 0 Å². The van der Waals surface area contributed by atoms with Gasteiger partial charge >= 0.3 is 5.97 Å². The summed E-state index contributed by atoms with van der Waals surface area (Å²) in [7, 11) is 0. The van der Waals surface area contributed by atoms with Gasteiger partial charge in [-0.1, -0.05) is 0 Å². The van der Waals surface area contributed by atoms with Gasteiger partial charge in [0.05, 0.1) is 0 Å². The van der Waals surface area contributed by atoms with Gasteiger partial charge < -0.3 is 4.74 Å². The van der Waals surface area contributed by atoms with Crippen molar-refractivity contribution in [2.45, 2.75) is 26.4 Å². The number of nitrogens with zero attached hydrogens (tertiary/aromatic N) is 1. The van der Waals surface area contributed by atoms with E-state index in [9.17, 15) is 9.18 Å². The fourth-order valence-corrected chi connectivity index (χ4v) is 0.862. The Labute approximate surface area is 81.9 Å². The Morgan fingerprint density at radius 2 is 2.14 bits per heavy atom. The number of hydrogen-bond donors (Lipinski definition) is 0. The maximum absolute atomic E-state index is 13.1. The number of carbonyl (C=O) groups is 1. The van der Waals surface area contributed by atoms with Crippen LogP contribution in [0, 0.1) is 5.82 Å². The Bertz CT molecular complexity index is 344. The quantitative estimate of drug-likeness (QED) is 0.648. The molecule has 0 saturated heterocycles. The van der Waals surface area contributed by atoms with Crippen LogP contribution in [0.5, 0.6) is 0 Å². The lowest BCUT2D eigenvalue weighted by Gasteiger charge is -2.18. The minimum Gasteiger partial charge on any atom is -0.455 e. The fourth-order valence-electron chi connectivity index (χ4n) is 0.862. The highest BCUT2D eigenvalue weighted by Crippen LogP contribution is 2.12. The first-order valence-electron chi connectivity index (χ1n) is 4.24. The molecule has 14 heavy (non-hydrogen) atoms. The molecule has 0 aliphatic heterocycles. The van der Waals surface area contributed by atoms with Crippen molar-refractivity contribution in [3.8, 4) is 0 Å². The summed E-state index contributed by atoms with van der Waals surface area (Å²) in [4.78, 5) is 15.0. The van der Waals surface area contributed by atoms with E-state index in [1.807, 2.05) is 0 Å². The van der Waals surface area contributed by atoms with Gasteiger partial charge in [0.1, 0.15) is 5.60 Å². The summed E-state index contributed by atoms with van der Waals surface area (Å²) in [6.45, 7) is 5.14. The van der Waals surface area contributed by atoms with Crippen molar-refractivity contribution in [3.05, 3.63) is 29.8 Å². The first-order valence-corrected chi connectivity index (χ1v) is 4.24. The zero-order chi connectivity index (χ0) is 10.8. The molecule has 3 nitrogen and oxygen atoms in total. The minimum absolute atomic E-state index is 0.276. The second kappa shape index (κ2) is 3.74. The molecule has 1 rings (SSSR count). The van der Waals surface area contributed by atoms with Crippen LogP contribution < -0.4 is 0 Å². The van der Waals surface area contributed by atoms with Crippen LogP contribution in [-0.2, 0) is 4.74 Å². The standard InChI is InChI=1S/C10H12FNO2/c1-10(2,3)14-9(13)8-7(11)5-4-6-12-8/h4-6H,1-3H3. The van der Waals surface area contributed by atoms with Gasteiger partial charge in [-0.3, -0.25) is 0 Å². The first-order chi connectivity index (χ1) is 6.40. The molecule has 0 radical (unpaired) electrons. The van der Waals surface area contributed by atoms with Gasteiger partial charge in [-0.15, -0.1) is 0 Å². The van der Waals surface area contributed by atoms with Crippen molar-refractivity contribution >= 4 is 5.97 Å². The fraction of sp³-hybridized carbons (Fsp3) is 0.400. The van der Waals surface area contributed by atoms with E-state index < -0.39 is 17.4 Å². The number of rotatable bonds is 1. The Morgan fingerprint density at radius 1 is 1.50 bits per heavy atom. The van der Waals surface area contributed by atoms with E-state index in [1.54, 1.807) is 20.8 Å². The highest BCUT2D eigenvalue weighted by Gasteiger charge is 2.21. The molecular weight excluding hydrogens is 185 g/mol. The summed E-state index contributed by atoms with van der Waals surface area (Å²) in [5, 5.41) is 0. The molecule has 76 valence electrons. The van der Waals surface area contributed by atoms with Gasteiger partial charge in [0.15, 0.2) is 11.5 Å². The topological polar surface area (TPSA) is 39.2 Å². The lowest BCUT2D eigenvalue weighted by atomic mass is 10.2. The highest BCUT2D eigenvalue weighted by atomic mass is 19.1. The average molecular weight is 197 g/mol. The molecule has 0 atom stereocenters. The smallest absolute Gasteiger partial charge is 0.360 e. The molecule has 0 aromatic carbocycles. The second-order valence-corrected chi connectivity index (χ2v) is 3.84. The molecule has 1 aromatic heterocycles. The Kier molecular flexibility index (Phi) is 2.84. The number of esters is 1. The average Bonchev–Trinajstić information content (AvgIpc) is 2.01. The zero-order valence-electron chi connectivity index (χ0n) is 8.37. The number of ether oxygens (including phenoxy) is 1. The maximum Gasteiger partial charge on any atom is 0.360 e. The van der Waals surface area contributed by atoms with Gasteiger partial charge in [0.25, 0.3) is 0 Å². The number of pyridine rings is 1. The summed E-state index contributed by atoms with van der Waals surface area (Å²) in [6, 6.07) is 2.59. The van der Waals surface area contributed by atoms with Crippen LogP contribution in [0.4, 0.5) is 4.39 Å². The number of carbonyl (C=O) groups excluding carboxylic acids is 1. The van der Waals surface area contributed by atoms with Crippen molar-refractivity contribution < 1.29 is 13.9 Å². The van der Waals surface area contributed by atoms with Crippen LogP contribution in [0.1, 0.15) is 31.3 Å². The molecule has 1 aromatic rings. The van der Waals surface area contributed by atoms with E-state index in [0.717, 1.165) is 0 Å². The summed E-state index contributed by atoms with van der Waals surface area (Å²) >= 11 is 0. The van der Waals surface area contributed by atoms with E-state index >= 15 is 0 Å². The highest BCUT2D eigenvalue weighted by molar-refractivity contribution is 5.87. The molecule has 0 bridgehead atoms. The molecule has 0 spiro atoms. The first kappa shape index (κ1) is 10.6. The lowest BCUT2D eigenvalue weighted by molar-refractivity contribution is 0.00576. The third-order valence-electron chi connectivity index (χ3n) is 1.35. The molecule has 1 heterocycles. The van der Waals surface area contributed by atoms with Gasteiger partial charge in [0, 0.05) is 6.20 Å². The van der Waals surface area contributed by atoms with Gasteiger partial charge in [0.2, 0.25) is 0 Å². The lowest BCUT2D eigenvalue weighted by Crippen LogP contribution is -2.25. The van der Waals surface area contributed by atoms with Crippen molar-refractivity contribution in [2.24, 2.45) is 0 Å². The van der Waals surface area contributed by atoms with Crippen molar-refractivity contribution in [1.29, 1.82) is 0 Å². The predicted octanol–water partition coefficient (Wildman–Crippen LogP) is 2.18. The second-order valence-electron chi connectivity index (χ2n) is 3.84. The number of aromatic nitrogens is 1. The maximum atomic E-state index is 13.1.